The van der Waals surface area contributed by atoms with Gasteiger partial charge in [0.1, 0.15) is 10.7 Å². The van der Waals surface area contributed by atoms with E-state index in [0.29, 0.717) is 10.9 Å². The number of hydrogen-bond acceptors (Lipinski definition) is 4. The van der Waals surface area contributed by atoms with E-state index in [-0.39, 0.29) is 6.61 Å². The lowest BCUT2D eigenvalue weighted by molar-refractivity contribution is 0.238. The summed E-state index contributed by atoms with van der Waals surface area (Å²) < 4.78 is 5.24. The predicted octanol–water partition coefficient (Wildman–Crippen LogP) is 1.15. The highest BCUT2D eigenvalue weighted by molar-refractivity contribution is 7.80. The van der Waals surface area contributed by atoms with Crippen LogP contribution in [0, 0.1) is 5.92 Å². The lowest BCUT2D eigenvalue weighted by atomic mass is 10.1. The average molecular weight is 266 g/mol. The standard InChI is InChI=1S/C13H18N2O2S/c1-17-10-2-3-11(13(14)18)12(6-10)15-5-4-9(7-15)8-16/h2-3,6,9,16H,4-5,7-8H2,1H3,(H2,14,18). The summed E-state index contributed by atoms with van der Waals surface area (Å²) >= 11 is 5.08. The van der Waals surface area contributed by atoms with Crippen molar-refractivity contribution in [2.75, 3.05) is 31.7 Å². The summed E-state index contributed by atoms with van der Waals surface area (Å²) in [5.74, 6) is 1.12. The highest BCUT2D eigenvalue weighted by atomic mass is 32.1. The van der Waals surface area contributed by atoms with E-state index in [1.165, 1.54) is 0 Å². The minimum absolute atomic E-state index is 0.225. The molecule has 5 heteroatoms. The number of aliphatic hydroxyl groups is 1. The van der Waals surface area contributed by atoms with Crippen LogP contribution in [-0.4, -0.2) is 36.9 Å². The first-order valence-corrected chi connectivity index (χ1v) is 6.40. The number of aliphatic hydroxyl groups excluding tert-OH is 1. The summed E-state index contributed by atoms with van der Waals surface area (Å²) in [6.45, 7) is 1.97. The van der Waals surface area contributed by atoms with Gasteiger partial charge in [-0.3, -0.25) is 0 Å². The molecule has 0 aromatic heterocycles. The third-order valence-electron chi connectivity index (χ3n) is 3.36. The summed E-state index contributed by atoms with van der Waals surface area (Å²) in [6.07, 6.45) is 0.991. The number of benzene rings is 1. The lowest BCUT2D eigenvalue weighted by Gasteiger charge is -2.22. The molecule has 1 fully saturated rings. The fourth-order valence-corrected chi connectivity index (χ4v) is 2.48. The van der Waals surface area contributed by atoms with Gasteiger partial charge >= 0.3 is 0 Å². The van der Waals surface area contributed by atoms with Gasteiger partial charge in [0.05, 0.1) is 12.8 Å². The van der Waals surface area contributed by atoms with Crippen molar-refractivity contribution in [3.05, 3.63) is 23.8 Å². The van der Waals surface area contributed by atoms with E-state index < -0.39 is 0 Å². The van der Waals surface area contributed by atoms with Crippen LogP contribution in [0.1, 0.15) is 12.0 Å². The lowest BCUT2D eigenvalue weighted by Crippen LogP contribution is -2.24. The largest absolute Gasteiger partial charge is 0.497 e. The van der Waals surface area contributed by atoms with Gasteiger partial charge in [-0.25, -0.2) is 0 Å². The molecule has 0 bridgehead atoms. The van der Waals surface area contributed by atoms with Crippen molar-refractivity contribution in [1.82, 2.24) is 0 Å². The van der Waals surface area contributed by atoms with Crippen molar-refractivity contribution in [3.63, 3.8) is 0 Å². The molecule has 2 rings (SSSR count). The zero-order chi connectivity index (χ0) is 13.1. The molecule has 0 amide bonds. The minimum atomic E-state index is 0.225. The Labute approximate surface area is 112 Å². The van der Waals surface area contributed by atoms with Crippen LogP contribution in [0.5, 0.6) is 5.75 Å². The molecule has 1 saturated heterocycles. The molecular formula is C13H18N2O2S. The van der Waals surface area contributed by atoms with Crippen molar-refractivity contribution in [2.24, 2.45) is 11.7 Å². The Morgan fingerprint density at radius 2 is 2.39 bits per heavy atom. The summed E-state index contributed by atoms with van der Waals surface area (Å²) in [5.41, 5.74) is 7.62. The normalized spacial score (nSPS) is 19.0. The van der Waals surface area contributed by atoms with Gasteiger partial charge in [0.25, 0.3) is 0 Å². The van der Waals surface area contributed by atoms with E-state index in [1.54, 1.807) is 7.11 Å². The van der Waals surface area contributed by atoms with Crippen LogP contribution in [0.25, 0.3) is 0 Å². The van der Waals surface area contributed by atoms with E-state index in [2.05, 4.69) is 4.90 Å². The molecule has 1 heterocycles. The Bertz CT molecular complexity index is 451. The van der Waals surface area contributed by atoms with Gasteiger partial charge in [-0.1, -0.05) is 12.2 Å². The van der Waals surface area contributed by atoms with Gasteiger partial charge in [-0.15, -0.1) is 0 Å². The second-order valence-electron chi connectivity index (χ2n) is 4.53. The minimum Gasteiger partial charge on any atom is -0.497 e. The number of rotatable bonds is 4. The zero-order valence-corrected chi connectivity index (χ0v) is 11.2. The SMILES string of the molecule is COc1ccc(C(N)=S)c(N2CCC(CO)C2)c1. The fraction of sp³-hybridized carbons (Fsp3) is 0.462. The number of nitrogens with two attached hydrogens (primary N) is 1. The molecule has 1 aliphatic heterocycles. The number of methoxy groups -OCH3 is 1. The molecule has 1 atom stereocenters. The molecule has 1 aromatic carbocycles. The third kappa shape index (κ3) is 2.57. The second kappa shape index (κ2) is 5.54. The third-order valence-corrected chi connectivity index (χ3v) is 3.58. The van der Waals surface area contributed by atoms with E-state index in [1.807, 2.05) is 18.2 Å². The number of ether oxygens (including phenoxy) is 1. The van der Waals surface area contributed by atoms with E-state index in [0.717, 1.165) is 36.5 Å². The summed E-state index contributed by atoms with van der Waals surface area (Å²) in [7, 11) is 1.64. The van der Waals surface area contributed by atoms with Gasteiger partial charge in [0, 0.05) is 37.2 Å². The second-order valence-corrected chi connectivity index (χ2v) is 4.97. The summed E-state index contributed by atoms with van der Waals surface area (Å²) in [5, 5.41) is 9.21. The Balaban J connectivity index is 2.32. The first-order chi connectivity index (χ1) is 8.65. The van der Waals surface area contributed by atoms with Gasteiger partial charge < -0.3 is 20.5 Å². The van der Waals surface area contributed by atoms with Crippen LogP contribution in [0.3, 0.4) is 0 Å². The van der Waals surface area contributed by atoms with Gasteiger partial charge in [0.2, 0.25) is 0 Å². The van der Waals surface area contributed by atoms with Gasteiger partial charge in [-0.05, 0) is 18.6 Å². The molecule has 3 N–H and O–H groups in total. The molecule has 1 aromatic rings. The quantitative estimate of drug-likeness (QED) is 0.801. The van der Waals surface area contributed by atoms with Crippen molar-refractivity contribution in [1.29, 1.82) is 0 Å². The van der Waals surface area contributed by atoms with Crippen LogP contribution in [0.4, 0.5) is 5.69 Å². The topological polar surface area (TPSA) is 58.7 Å². The Morgan fingerprint density at radius 3 is 2.94 bits per heavy atom. The average Bonchev–Trinajstić information content (AvgIpc) is 2.86. The highest BCUT2D eigenvalue weighted by Gasteiger charge is 2.24. The van der Waals surface area contributed by atoms with Crippen LogP contribution in [0.15, 0.2) is 18.2 Å². The van der Waals surface area contributed by atoms with E-state index in [4.69, 9.17) is 22.7 Å². The maximum atomic E-state index is 9.21. The number of nitrogens with zero attached hydrogens (tertiary/aromatic N) is 1. The molecule has 0 spiro atoms. The zero-order valence-electron chi connectivity index (χ0n) is 10.4. The van der Waals surface area contributed by atoms with Crippen molar-refractivity contribution >= 4 is 22.9 Å². The molecule has 98 valence electrons. The highest BCUT2D eigenvalue weighted by Crippen LogP contribution is 2.30. The van der Waals surface area contributed by atoms with Crippen LogP contribution in [0.2, 0.25) is 0 Å². The smallest absolute Gasteiger partial charge is 0.120 e. The first-order valence-electron chi connectivity index (χ1n) is 5.99. The summed E-state index contributed by atoms with van der Waals surface area (Å²) in [6, 6.07) is 5.70. The molecule has 0 aliphatic carbocycles. The molecule has 1 aliphatic rings. The number of anilines is 1. The first kappa shape index (κ1) is 13.1. The number of thiocarbonyl (C=S) groups is 1. The molecule has 0 saturated carbocycles. The van der Waals surface area contributed by atoms with E-state index >= 15 is 0 Å². The molecule has 1 unspecified atom stereocenters. The van der Waals surface area contributed by atoms with Gasteiger partial charge in [0.15, 0.2) is 0 Å². The maximum absolute atomic E-state index is 9.21. The van der Waals surface area contributed by atoms with Crippen molar-refractivity contribution < 1.29 is 9.84 Å². The number of hydrogen-bond donors (Lipinski definition) is 2. The molecular weight excluding hydrogens is 248 g/mol. The molecule has 4 nitrogen and oxygen atoms in total. The maximum Gasteiger partial charge on any atom is 0.120 e. The van der Waals surface area contributed by atoms with Crippen molar-refractivity contribution in [2.45, 2.75) is 6.42 Å². The van der Waals surface area contributed by atoms with Crippen molar-refractivity contribution in [3.8, 4) is 5.75 Å². The van der Waals surface area contributed by atoms with Crippen LogP contribution < -0.4 is 15.4 Å². The van der Waals surface area contributed by atoms with E-state index in [9.17, 15) is 5.11 Å². The molecule has 18 heavy (non-hydrogen) atoms. The molecule has 0 radical (unpaired) electrons. The monoisotopic (exact) mass is 266 g/mol. The fourth-order valence-electron chi connectivity index (χ4n) is 2.31. The Kier molecular flexibility index (Phi) is 4.04. The van der Waals surface area contributed by atoms with Gasteiger partial charge in [-0.2, -0.15) is 0 Å². The van der Waals surface area contributed by atoms with Crippen LogP contribution >= 0.6 is 12.2 Å². The van der Waals surface area contributed by atoms with Crippen LogP contribution in [-0.2, 0) is 0 Å². The summed E-state index contributed by atoms with van der Waals surface area (Å²) in [4.78, 5) is 2.60. The predicted molar refractivity (Wildman–Crippen MR) is 76.3 cm³/mol. The Morgan fingerprint density at radius 1 is 1.61 bits per heavy atom. The Hall–Kier alpha value is -1.33.